The van der Waals surface area contributed by atoms with Crippen LogP contribution in [0.2, 0.25) is 0 Å². The van der Waals surface area contributed by atoms with Crippen LogP contribution in [0, 0.1) is 12.7 Å². The van der Waals surface area contributed by atoms with Crippen LogP contribution in [0.1, 0.15) is 23.5 Å². The van der Waals surface area contributed by atoms with Gasteiger partial charge in [-0.2, -0.15) is 0 Å². The first-order valence-electron chi connectivity index (χ1n) is 7.10. The second-order valence-electron chi connectivity index (χ2n) is 5.48. The molecule has 0 aromatic heterocycles. The summed E-state index contributed by atoms with van der Waals surface area (Å²) in [7, 11) is 0. The molecule has 2 aromatic rings. The molecule has 0 radical (unpaired) electrons. The fraction of sp³-hybridized carbons (Fsp3) is 0.176. The summed E-state index contributed by atoms with van der Waals surface area (Å²) in [6, 6.07) is 9.60. The number of carbonyl (C=O) groups excluding carboxylic acids is 2. The van der Waals surface area contributed by atoms with Crippen LogP contribution in [0.4, 0.5) is 15.8 Å². The Morgan fingerprint density at radius 3 is 2.83 bits per heavy atom. The number of benzene rings is 2. The zero-order chi connectivity index (χ0) is 16.6. The van der Waals surface area contributed by atoms with Gasteiger partial charge < -0.3 is 10.6 Å². The van der Waals surface area contributed by atoms with Gasteiger partial charge in [0.15, 0.2) is 0 Å². The second kappa shape index (κ2) is 6.12. The number of rotatable bonds is 2. The first-order chi connectivity index (χ1) is 10.9. The van der Waals surface area contributed by atoms with Crippen molar-refractivity contribution in [1.29, 1.82) is 0 Å². The Bertz CT molecular complexity index is 807. The highest BCUT2D eigenvalue weighted by atomic mass is 79.9. The van der Waals surface area contributed by atoms with Gasteiger partial charge in [0, 0.05) is 22.3 Å². The van der Waals surface area contributed by atoms with E-state index in [-0.39, 0.29) is 18.2 Å². The third-order valence-electron chi connectivity index (χ3n) is 3.82. The van der Waals surface area contributed by atoms with Gasteiger partial charge >= 0.3 is 0 Å². The minimum absolute atomic E-state index is 0.0417. The molecule has 0 aliphatic carbocycles. The fourth-order valence-corrected chi connectivity index (χ4v) is 3.13. The molecule has 1 aliphatic heterocycles. The van der Waals surface area contributed by atoms with E-state index in [0.717, 1.165) is 10.0 Å². The van der Waals surface area contributed by atoms with Crippen LogP contribution in [-0.2, 0) is 9.59 Å². The minimum Gasteiger partial charge on any atom is -0.326 e. The monoisotopic (exact) mass is 376 g/mol. The lowest BCUT2D eigenvalue weighted by Gasteiger charge is -2.25. The van der Waals surface area contributed by atoms with Crippen molar-refractivity contribution < 1.29 is 14.0 Å². The highest BCUT2D eigenvalue weighted by Crippen LogP contribution is 2.34. The van der Waals surface area contributed by atoms with Crippen LogP contribution in [0.15, 0.2) is 40.9 Å². The van der Waals surface area contributed by atoms with Gasteiger partial charge in [0.05, 0.1) is 5.92 Å². The highest BCUT2D eigenvalue weighted by Gasteiger charge is 2.31. The number of anilines is 2. The van der Waals surface area contributed by atoms with Gasteiger partial charge in [-0.1, -0.05) is 22.0 Å². The molecule has 0 bridgehead atoms. The summed E-state index contributed by atoms with van der Waals surface area (Å²) in [5, 5.41) is 5.45. The summed E-state index contributed by atoms with van der Waals surface area (Å²) in [6.45, 7) is 1.89. The third-order valence-corrected chi connectivity index (χ3v) is 4.31. The maximum atomic E-state index is 13.3. The SMILES string of the molecule is Cc1cc(Br)ccc1NC(=O)C1CC(=O)Nc2cc(F)ccc21. The van der Waals surface area contributed by atoms with Crippen molar-refractivity contribution in [1.82, 2.24) is 0 Å². The molecule has 2 amide bonds. The van der Waals surface area contributed by atoms with E-state index < -0.39 is 11.7 Å². The molecular formula is C17H14BrFN2O2. The van der Waals surface area contributed by atoms with E-state index in [9.17, 15) is 14.0 Å². The molecule has 1 unspecified atom stereocenters. The predicted octanol–water partition coefficient (Wildman–Crippen LogP) is 3.96. The van der Waals surface area contributed by atoms with Crippen molar-refractivity contribution in [3.63, 3.8) is 0 Å². The second-order valence-corrected chi connectivity index (χ2v) is 6.40. The normalized spacial score (nSPS) is 16.5. The van der Waals surface area contributed by atoms with E-state index in [4.69, 9.17) is 0 Å². The molecule has 1 aliphatic rings. The zero-order valence-electron chi connectivity index (χ0n) is 12.3. The standard InChI is InChI=1S/C17H14BrFN2O2/c1-9-6-10(18)2-5-14(9)21-17(23)13-8-16(22)20-15-7-11(19)3-4-12(13)15/h2-7,13H,8H2,1H3,(H,20,22)(H,21,23). The molecule has 4 nitrogen and oxygen atoms in total. The van der Waals surface area contributed by atoms with Crippen molar-refractivity contribution in [3.05, 3.63) is 57.8 Å². The molecule has 0 saturated carbocycles. The lowest BCUT2D eigenvalue weighted by molar-refractivity contribution is -0.123. The molecule has 2 N–H and O–H groups in total. The molecule has 0 saturated heterocycles. The lowest BCUT2D eigenvalue weighted by Crippen LogP contribution is -2.31. The van der Waals surface area contributed by atoms with Crippen molar-refractivity contribution in [2.24, 2.45) is 0 Å². The lowest BCUT2D eigenvalue weighted by atomic mass is 9.89. The first kappa shape index (κ1) is 15.7. The average molecular weight is 377 g/mol. The Hall–Kier alpha value is -2.21. The quantitative estimate of drug-likeness (QED) is 0.833. The minimum atomic E-state index is -0.637. The summed E-state index contributed by atoms with van der Waals surface area (Å²) in [5.74, 6) is -1.66. The molecular weight excluding hydrogens is 363 g/mol. The van der Waals surface area contributed by atoms with E-state index in [0.29, 0.717) is 16.9 Å². The maximum absolute atomic E-state index is 13.3. The molecule has 6 heteroatoms. The summed E-state index contributed by atoms with van der Waals surface area (Å²) in [5.41, 5.74) is 2.58. The smallest absolute Gasteiger partial charge is 0.232 e. The molecule has 118 valence electrons. The van der Waals surface area contributed by atoms with Crippen LogP contribution in [0.25, 0.3) is 0 Å². The molecule has 0 spiro atoms. The van der Waals surface area contributed by atoms with Crippen LogP contribution >= 0.6 is 15.9 Å². The fourth-order valence-electron chi connectivity index (χ4n) is 2.66. The zero-order valence-corrected chi connectivity index (χ0v) is 13.9. The number of amides is 2. The van der Waals surface area contributed by atoms with Crippen LogP contribution in [0.3, 0.4) is 0 Å². The number of nitrogens with one attached hydrogen (secondary N) is 2. The largest absolute Gasteiger partial charge is 0.326 e. The molecule has 1 atom stereocenters. The summed E-state index contributed by atoms with van der Waals surface area (Å²) < 4.78 is 14.3. The van der Waals surface area contributed by atoms with Gasteiger partial charge in [-0.25, -0.2) is 4.39 Å². The Labute approximate surface area is 141 Å². The molecule has 2 aromatic carbocycles. The molecule has 3 rings (SSSR count). The Balaban J connectivity index is 1.89. The summed E-state index contributed by atoms with van der Waals surface area (Å²) in [6.07, 6.45) is 0.0417. The summed E-state index contributed by atoms with van der Waals surface area (Å²) in [4.78, 5) is 24.4. The van der Waals surface area contributed by atoms with Gasteiger partial charge in [0.25, 0.3) is 0 Å². The van der Waals surface area contributed by atoms with Crippen LogP contribution in [0.5, 0.6) is 0 Å². The van der Waals surface area contributed by atoms with Crippen LogP contribution < -0.4 is 10.6 Å². The highest BCUT2D eigenvalue weighted by molar-refractivity contribution is 9.10. The van der Waals surface area contributed by atoms with E-state index in [2.05, 4.69) is 26.6 Å². The number of halogens is 2. The van der Waals surface area contributed by atoms with Crippen molar-refractivity contribution in [2.75, 3.05) is 10.6 Å². The van der Waals surface area contributed by atoms with Crippen molar-refractivity contribution >= 4 is 39.1 Å². The van der Waals surface area contributed by atoms with Gasteiger partial charge in [-0.3, -0.25) is 9.59 Å². The Morgan fingerprint density at radius 2 is 2.09 bits per heavy atom. The van der Waals surface area contributed by atoms with Gasteiger partial charge in [0.2, 0.25) is 11.8 Å². The average Bonchev–Trinajstić information content (AvgIpc) is 2.48. The molecule has 23 heavy (non-hydrogen) atoms. The van der Waals surface area contributed by atoms with E-state index in [1.165, 1.54) is 12.1 Å². The predicted molar refractivity (Wildman–Crippen MR) is 89.9 cm³/mol. The maximum Gasteiger partial charge on any atom is 0.232 e. The topological polar surface area (TPSA) is 58.2 Å². The van der Waals surface area contributed by atoms with Crippen molar-refractivity contribution in [2.45, 2.75) is 19.3 Å². The van der Waals surface area contributed by atoms with Crippen LogP contribution in [-0.4, -0.2) is 11.8 Å². The van der Waals surface area contributed by atoms with E-state index in [1.807, 2.05) is 19.1 Å². The van der Waals surface area contributed by atoms with Gasteiger partial charge in [-0.05, 0) is 48.4 Å². The number of hydrogen-bond acceptors (Lipinski definition) is 2. The van der Waals surface area contributed by atoms with Gasteiger partial charge in [0.1, 0.15) is 5.82 Å². The Morgan fingerprint density at radius 1 is 1.30 bits per heavy atom. The molecule has 0 fully saturated rings. The number of hydrogen-bond donors (Lipinski definition) is 2. The van der Waals surface area contributed by atoms with Crippen molar-refractivity contribution in [3.8, 4) is 0 Å². The molecule has 1 heterocycles. The van der Waals surface area contributed by atoms with Gasteiger partial charge in [-0.15, -0.1) is 0 Å². The van der Waals surface area contributed by atoms with E-state index >= 15 is 0 Å². The number of aryl methyl sites for hydroxylation is 1. The number of fused-ring (bicyclic) bond motifs is 1. The first-order valence-corrected chi connectivity index (χ1v) is 7.89. The summed E-state index contributed by atoms with van der Waals surface area (Å²) >= 11 is 3.37. The number of carbonyl (C=O) groups is 2. The Kier molecular flexibility index (Phi) is 4.17. The third kappa shape index (κ3) is 3.27. The van der Waals surface area contributed by atoms with E-state index in [1.54, 1.807) is 12.1 Å².